The summed E-state index contributed by atoms with van der Waals surface area (Å²) in [5, 5.41) is 0. The van der Waals surface area contributed by atoms with Crippen LogP contribution in [0.5, 0.6) is 0 Å². The Morgan fingerprint density at radius 3 is 2.62 bits per heavy atom. The summed E-state index contributed by atoms with van der Waals surface area (Å²) in [5.41, 5.74) is 1.12. The normalized spacial score (nSPS) is 12.0. The lowest BCUT2D eigenvalue weighted by Gasteiger charge is -1.98. The number of hydrogen-bond donors (Lipinski definition) is 0. The van der Waals surface area contributed by atoms with Crippen molar-refractivity contribution in [2.45, 2.75) is 26.2 Å². The molecule has 0 rings (SSSR count). The molecule has 0 saturated heterocycles. The van der Waals surface area contributed by atoms with Crippen LogP contribution in [0.15, 0.2) is 29.3 Å². The van der Waals surface area contributed by atoms with Crippen LogP contribution in [0.4, 0.5) is 0 Å². The molecule has 0 atom stereocenters. The highest BCUT2D eigenvalue weighted by Crippen LogP contribution is 2.05. The van der Waals surface area contributed by atoms with Crippen molar-refractivity contribution in [1.82, 2.24) is 0 Å². The van der Waals surface area contributed by atoms with Gasteiger partial charge in [0.2, 0.25) is 0 Å². The number of hydrogen-bond acceptors (Lipinski definition) is 2. The van der Waals surface area contributed by atoms with Crippen LogP contribution in [-0.2, 0) is 4.79 Å². The van der Waals surface area contributed by atoms with Gasteiger partial charge in [-0.2, -0.15) is 0 Å². The van der Waals surface area contributed by atoms with Gasteiger partial charge < -0.3 is 4.79 Å². The molecule has 0 bridgehead atoms. The minimum atomic E-state index is 0.242. The van der Waals surface area contributed by atoms with Crippen molar-refractivity contribution in [1.29, 1.82) is 0 Å². The standard InChI is InChI=1S/C11H17NO/c1-4-6-11(9-12-3)8-5-7-10(2)13/h4,6,9H,1,5,7-8H2,2-3H3/b11-6-,12-9?. The van der Waals surface area contributed by atoms with Gasteiger partial charge >= 0.3 is 0 Å². The molecule has 2 heteroatoms. The van der Waals surface area contributed by atoms with E-state index in [1.807, 2.05) is 12.3 Å². The molecule has 0 unspecified atom stereocenters. The molecule has 0 amide bonds. The zero-order valence-electron chi connectivity index (χ0n) is 8.42. The first-order valence-electron chi connectivity index (χ1n) is 4.44. The zero-order valence-corrected chi connectivity index (χ0v) is 8.42. The molecule has 0 saturated carbocycles. The number of Topliss-reactive ketones (excluding diaryl/α,β-unsaturated/α-hetero) is 1. The molecule has 72 valence electrons. The summed E-state index contributed by atoms with van der Waals surface area (Å²) in [6.45, 7) is 5.24. The van der Waals surface area contributed by atoms with E-state index in [-0.39, 0.29) is 5.78 Å². The van der Waals surface area contributed by atoms with Crippen molar-refractivity contribution in [3.63, 3.8) is 0 Å². The van der Waals surface area contributed by atoms with Gasteiger partial charge in [-0.1, -0.05) is 18.7 Å². The van der Waals surface area contributed by atoms with Gasteiger partial charge in [-0.05, 0) is 25.3 Å². The summed E-state index contributed by atoms with van der Waals surface area (Å²) in [6.07, 6.45) is 7.90. The van der Waals surface area contributed by atoms with E-state index < -0.39 is 0 Å². The molecule has 0 aromatic carbocycles. The fourth-order valence-electron chi connectivity index (χ4n) is 1.05. The fourth-order valence-corrected chi connectivity index (χ4v) is 1.05. The Morgan fingerprint density at radius 2 is 2.15 bits per heavy atom. The van der Waals surface area contributed by atoms with E-state index in [1.54, 1.807) is 20.0 Å². The third kappa shape index (κ3) is 7.19. The molecular weight excluding hydrogens is 162 g/mol. The van der Waals surface area contributed by atoms with Crippen LogP contribution in [0.1, 0.15) is 26.2 Å². The minimum absolute atomic E-state index is 0.242. The maximum Gasteiger partial charge on any atom is 0.129 e. The van der Waals surface area contributed by atoms with Gasteiger partial charge in [0.05, 0.1) is 0 Å². The lowest BCUT2D eigenvalue weighted by Crippen LogP contribution is -1.92. The Bertz CT molecular complexity index is 226. The summed E-state index contributed by atoms with van der Waals surface area (Å²) >= 11 is 0. The molecular formula is C11H17NO. The molecule has 0 aromatic heterocycles. The average molecular weight is 179 g/mol. The molecule has 0 N–H and O–H groups in total. The fraction of sp³-hybridized carbons (Fsp3) is 0.455. The highest BCUT2D eigenvalue weighted by atomic mass is 16.1. The van der Waals surface area contributed by atoms with Crippen LogP contribution in [0.3, 0.4) is 0 Å². The number of rotatable bonds is 6. The Hall–Kier alpha value is -1.18. The first-order chi connectivity index (χ1) is 6.20. The van der Waals surface area contributed by atoms with Gasteiger partial charge in [0, 0.05) is 19.7 Å². The molecule has 0 aromatic rings. The first kappa shape index (κ1) is 11.8. The van der Waals surface area contributed by atoms with E-state index >= 15 is 0 Å². The summed E-state index contributed by atoms with van der Waals surface area (Å²) < 4.78 is 0. The largest absolute Gasteiger partial charge is 0.300 e. The Labute approximate surface area is 80.1 Å². The number of allylic oxidation sites excluding steroid dienone is 3. The van der Waals surface area contributed by atoms with Gasteiger partial charge in [-0.15, -0.1) is 0 Å². The molecule has 0 aliphatic carbocycles. The van der Waals surface area contributed by atoms with Crippen molar-refractivity contribution in [2.24, 2.45) is 4.99 Å². The lowest BCUT2D eigenvalue weighted by molar-refractivity contribution is -0.117. The molecule has 0 radical (unpaired) electrons. The van der Waals surface area contributed by atoms with Crippen molar-refractivity contribution in [2.75, 3.05) is 7.05 Å². The molecule has 0 spiro atoms. The third-order valence-corrected chi connectivity index (χ3v) is 1.62. The molecule has 0 aliphatic rings. The maximum absolute atomic E-state index is 10.7. The first-order valence-corrected chi connectivity index (χ1v) is 4.44. The summed E-state index contributed by atoms with van der Waals surface area (Å²) in [7, 11) is 1.74. The SMILES string of the molecule is C=C/C=C(\C=NC)CCCC(C)=O. The number of carbonyl (C=O) groups is 1. The van der Waals surface area contributed by atoms with Crippen molar-refractivity contribution < 1.29 is 4.79 Å². The highest BCUT2D eigenvalue weighted by molar-refractivity contribution is 5.79. The van der Waals surface area contributed by atoms with Crippen LogP contribution < -0.4 is 0 Å². The van der Waals surface area contributed by atoms with E-state index in [0.29, 0.717) is 6.42 Å². The van der Waals surface area contributed by atoms with Crippen LogP contribution in [0.25, 0.3) is 0 Å². The lowest BCUT2D eigenvalue weighted by atomic mass is 10.1. The quantitative estimate of drug-likeness (QED) is 0.455. The van der Waals surface area contributed by atoms with E-state index in [4.69, 9.17) is 0 Å². The molecule has 0 fully saturated rings. The summed E-state index contributed by atoms with van der Waals surface area (Å²) in [5.74, 6) is 0.242. The molecule has 13 heavy (non-hydrogen) atoms. The smallest absolute Gasteiger partial charge is 0.129 e. The number of aliphatic imine (C=N–C) groups is 1. The Balaban J connectivity index is 3.90. The second-order valence-electron chi connectivity index (χ2n) is 2.92. The monoisotopic (exact) mass is 179 g/mol. The van der Waals surface area contributed by atoms with Gasteiger partial charge in [-0.25, -0.2) is 0 Å². The van der Waals surface area contributed by atoms with Gasteiger partial charge in [-0.3, -0.25) is 4.99 Å². The second kappa shape index (κ2) is 7.47. The van der Waals surface area contributed by atoms with Gasteiger partial charge in [0.25, 0.3) is 0 Å². The van der Waals surface area contributed by atoms with Crippen molar-refractivity contribution >= 4 is 12.0 Å². The number of ketones is 1. The van der Waals surface area contributed by atoms with E-state index in [0.717, 1.165) is 18.4 Å². The van der Waals surface area contributed by atoms with Crippen molar-refractivity contribution in [3.8, 4) is 0 Å². The van der Waals surface area contributed by atoms with E-state index in [2.05, 4.69) is 11.6 Å². The maximum atomic E-state index is 10.7. The Morgan fingerprint density at radius 1 is 1.46 bits per heavy atom. The minimum Gasteiger partial charge on any atom is -0.300 e. The van der Waals surface area contributed by atoms with Crippen LogP contribution >= 0.6 is 0 Å². The Kier molecular flexibility index (Phi) is 6.79. The van der Waals surface area contributed by atoms with E-state index in [9.17, 15) is 4.79 Å². The molecule has 0 heterocycles. The highest BCUT2D eigenvalue weighted by Gasteiger charge is 1.95. The zero-order chi connectivity index (χ0) is 10.1. The van der Waals surface area contributed by atoms with Gasteiger partial charge in [0.15, 0.2) is 0 Å². The van der Waals surface area contributed by atoms with Gasteiger partial charge in [0.1, 0.15) is 5.78 Å². The van der Waals surface area contributed by atoms with E-state index in [1.165, 1.54) is 0 Å². The van der Waals surface area contributed by atoms with Crippen LogP contribution in [0.2, 0.25) is 0 Å². The third-order valence-electron chi connectivity index (χ3n) is 1.62. The number of nitrogens with zero attached hydrogens (tertiary/aromatic N) is 1. The molecule has 0 aliphatic heterocycles. The summed E-state index contributed by atoms with van der Waals surface area (Å²) in [6, 6.07) is 0. The van der Waals surface area contributed by atoms with Crippen molar-refractivity contribution in [3.05, 3.63) is 24.3 Å². The topological polar surface area (TPSA) is 29.4 Å². The summed E-state index contributed by atoms with van der Waals surface area (Å²) in [4.78, 5) is 14.6. The number of carbonyl (C=O) groups excluding carboxylic acids is 1. The van der Waals surface area contributed by atoms with Crippen LogP contribution in [0, 0.1) is 0 Å². The predicted molar refractivity (Wildman–Crippen MR) is 57.2 cm³/mol. The van der Waals surface area contributed by atoms with Crippen LogP contribution in [-0.4, -0.2) is 19.0 Å². The average Bonchev–Trinajstić information content (AvgIpc) is 2.04. The predicted octanol–water partition coefficient (Wildman–Crippen LogP) is 2.56. The molecule has 2 nitrogen and oxygen atoms in total. The second-order valence-corrected chi connectivity index (χ2v) is 2.92.